The zero-order chi connectivity index (χ0) is 11.5. The molecular formula is C12H13N3O. The Labute approximate surface area is 94.1 Å². The summed E-state index contributed by atoms with van der Waals surface area (Å²) in [5.41, 5.74) is 8.48. The number of aryl methyl sites for hydroxylation is 1. The van der Waals surface area contributed by atoms with Crippen LogP contribution in [0.1, 0.15) is 5.56 Å². The smallest absolute Gasteiger partial charge is 0.128 e. The van der Waals surface area contributed by atoms with Gasteiger partial charge in [-0.3, -0.25) is 0 Å². The third-order valence-corrected chi connectivity index (χ3v) is 2.32. The molecule has 16 heavy (non-hydrogen) atoms. The number of ether oxygens (including phenoxy) is 1. The van der Waals surface area contributed by atoms with Crippen molar-refractivity contribution in [1.82, 2.24) is 9.97 Å². The maximum Gasteiger partial charge on any atom is 0.128 e. The molecule has 0 fully saturated rings. The first-order valence-electron chi connectivity index (χ1n) is 4.93. The molecule has 0 spiro atoms. The SMILES string of the molecule is COc1ccc(C)cc1-c1cc(N)ncn1. The molecule has 0 atom stereocenters. The molecule has 0 radical (unpaired) electrons. The van der Waals surface area contributed by atoms with Crippen molar-refractivity contribution in [3.8, 4) is 17.0 Å². The molecule has 1 aromatic heterocycles. The van der Waals surface area contributed by atoms with Gasteiger partial charge in [-0.2, -0.15) is 0 Å². The first-order chi connectivity index (χ1) is 7.70. The molecule has 2 N–H and O–H groups in total. The van der Waals surface area contributed by atoms with Gasteiger partial charge in [-0.25, -0.2) is 9.97 Å². The van der Waals surface area contributed by atoms with Gasteiger partial charge >= 0.3 is 0 Å². The Hall–Kier alpha value is -2.10. The van der Waals surface area contributed by atoms with Gasteiger partial charge < -0.3 is 10.5 Å². The van der Waals surface area contributed by atoms with E-state index in [0.29, 0.717) is 5.82 Å². The van der Waals surface area contributed by atoms with Gasteiger partial charge in [-0.05, 0) is 19.1 Å². The molecule has 0 aliphatic heterocycles. The van der Waals surface area contributed by atoms with Gasteiger partial charge in [0.15, 0.2) is 0 Å². The molecule has 0 unspecified atom stereocenters. The van der Waals surface area contributed by atoms with Crippen molar-refractivity contribution >= 4 is 5.82 Å². The Kier molecular flexibility index (Phi) is 2.72. The van der Waals surface area contributed by atoms with Gasteiger partial charge in [0, 0.05) is 11.6 Å². The standard InChI is InChI=1S/C12H13N3O/c1-8-3-4-11(16-2)9(5-8)10-6-12(13)15-7-14-10/h3-7H,1-2H3,(H2,13,14,15). The number of methoxy groups -OCH3 is 1. The van der Waals surface area contributed by atoms with E-state index < -0.39 is 0 Å². The minimum absolute atomic E-state index is 0.452. The van der Waals surface area contributed by atoms with E-state index in [0.717, 1.165) is 22.6 Å². The molecule has 0 amide bonds. The summed E-state index contributed by atoms with van der Waals surface area (Å²) in [5, 5.41) is 0. The van der Waals surface area contributed by atoms with Crippen LogP contribution in [0.2, 0.25) is 0 Å². The van der Waals surface area contributed by atoms with Crippen LogP contribution in [0, 0.1) is 6.92 Å². The van der Waals surface area contributed by atoms with Crippen molar-refractivity contribution in [1.29, 1.82) is 0 Å². The summed E-state index contributed by atoms with van der Waals surface area (Å²) in [6, 6.07) is 7.66. The lowest BCUT2D eigenvalue weighted by Crippen LogP contribution is -1.95. The third-order valence-electron chi connectivity index (χ3n) is 2.32. The second-order valence-corrected chi connectivity index (χ2v) is 3.53. The fourth-order valence-electron chi connectivity index (χ4n) is 1.54. The van der Waals surface area contributed by atoms with E-state index in [1.54, 1.807) is 13.2 Å². The van der Waals surface area contributed by atoms with Crippen LogP contribution >= 0.6 is 0 Å². The van der Waals surface area contributed by atoms with Crippen molar-refractivity contribution in [2.45, 2.75) is 6.92 Å². The van der Waals surface area contributed by atoms with Crippen LogP contribution in [-0.4, -0.2) is 17.1 Å². The van der Waals surface area contributed by atoms with Crippen molar-refractivity contribution < 1.29 is 4.74 Å². The normalized spacial score (nSPS) is 10.1. The Morgan fingerprint density at radius 3 is 2.69 bits per heavy atom. The van der Waals surface area contributed by atoms with Crippen LogP contribution in [0.15, 0.2) is 30.6 Å². The van der Waals surface area contributed by atoms with E-state index in [1.165, 1.54) is 6.33 Å². The van der Waals surface area contributed by atoms with E-state index in [1.807, 2.05) is 25.1 Å². The summed E-state index contributed by atoms with van der Waals surface area (Å²) >= 11 is 0. The predicted molar refractivity (Wildman–Crippen MR) is 63.2 cm³/mol. The molecule has 82 valence electrons. The van der Waals surface area contributed by atoms with Crippen molar-refractivity contribution in [3.05, 3.63) is 36.2 Å². The molecule has 0 aliphatic rings. The lowest BCUT2D eigenvalue weighted by atomic mass is 10.1. The van der Waals surface area contributed by atoms with Gasteiger partial charge in [0.05, 0.1) is 12.8 Å². The molecule has 0 aliphatic carbocycles. The number of benzene rings is 1. The third kappa shape index (κ3) is 1.95. The van der Waals surface area contributed by atoms with Gasteiger partial charge in [-0.1, -0.05) is 11.6 Å². The highest BCUT2D eigenvalue weighted by atomic mass is 16.5. The molecule has 4 heteroatoms. The van der Waals surface area contributed by atoms with Crippen LogP contribution in [0.4, 0.5) is 5.82 Å². The molecule has 4 nitrogen and oxygen atoms in total. The van der Waals surface area contributed by atoms with E-state index in [9.17, 15) is 0 Å². The fourth-order valence-corrected chi connectivity index (χ4v) is 1.54. The largest absolute Gasteiger partial charge is 0.496 e. The van der Waals surface area contributed by atoms with Gasteiger partial charge in [0.25, 0.3) is 0 Å². The zero-order valence-electron chi connectivity index (χ0n) is 9.27. The summed E-state index contributed by atoms with van der Waals surface area (Å²) in [6.07, 6.45) is 1.45. The predicted octanol–water partition coefficient (Wildman–Crippen LogP) is 2.04. The van der Waals surface area contributed by atoms with Crippen LogP contribution in [0.5, 0.6) is 5.75 Å². The lowest BCUT2D eigenvalue weighted by molar-refractivity contribution is 0.416. The summed E-state index contributed by atoms with van der Waals surface area (Å²) in [7, 11) is 1.64. The van der Waals surface area contributed by atoms with Gasteiger partial charge in [0.1, 0.15) is 17.9 Å². The van der Waals surface area contributed by atoms with E-state index in [2.05, 4.69) is 9.97 Å². The van der Waals surface area contributed by atoms with Crippen LogP contribution in [-0.2, 0) is 0 Å². The molecule has 2 rings (SSSR count). The van der Waals surface area contributed by atoms with Crippen molar-refractivity contribution in [2.24, 2.45) is 0 Å². The number of nitrogens with two attached hydrogens (primary N) is 1. The van der Waals surface area contributed by atoms with Crippen LogP contribution in [0.25, 0.3) is 11.3 Å². The summed E-state index contributed by atoms with van der Waals surface area (Å²) in [6.45, 7) is 2.02. The number of anilines is 1. The fraction of sp³-hybridized carbons (Fsp3) is 0.167. The average Bonchev–Trinajstić information content (AvgIpc) is 2.29. The molecule has 0 bridgehead atoms. The quantitative estimate of drug-likeness (QED) is 0.832. The van der Waals surface area contributed by atoms with E-state index in [4.69, 9.17) is 10.5 Å². The van der Waals surface area contributed by atoms with Gasteiger partial charge in [-0.15, -0.1) is 0 Å². The average molecular weight is 215 g/mol. The maximum atomic E-state index is 5.63. The Balaban J connectivity index is 2.58. The molecule has 1 heterocycles. The highest BCUT2D eigenvalue weighted by molar-refractivity contribution is 5.69. The summed E-state index contributed by atoms with van der Waals surface area (Å²) in [5.74, 6) is 1.23. The molecule has 0 saturated heterocycles. The summed E-state index contributed by atoms with van der Waals surface area (Å²) in [4.78, 5) is 8.06. The minimum Gasteiger partial charge on any atom is -0.496 e. The van der Waals surface area contributed by atoms with Crippen LogP contribution < -0.4 is 10.5 Å². The van der Waals surface area contributed by atoms with Crippen molar-refractivity contribution in [2.75, 3.05) is 12.8 Å². The molecule has 2 aromatic rings. The van der Waals surface area contributed by atoms with Gasteiger partial charge in [0.2, 0.25) is 0 Å². The second-order valence-electron chi connectivity index (χ2n) is 3.53. The molecule has 1 aromatic carbocycles. The first kappa shape index (κ1) is 10.4. The molecule has 0 saturated carbocycles. The Morgan fingerprint density at radius 1 is 1.19 bits per heavy atom. The minimum atomic E-state index is 0.452. The zero-order valence-corrected chi connectivity index (χ0v) is 9.27. The first-order valence-corrected chi connectivity index (χ1v) is 4.93. The van der Waals surface area contributed by atoms with Crippen molar-refractivity contribution in [3.63, 3.8) is 0 Å². The second kappa shape index (κ2) is 4.18. The number of hydrogen-bond donors (Lipinski definition) is 1. The van der Waals surface area contributed by atoms with E-state index in [-0.39, 0.29) is 0 Å². The van der Waals surface area contributed by atoms with Crippen LogP contribution in [0.3, 0.4) is 0 Å². The highest BCUT2D eigenvalue weighted by Crippen LogP contribution is 2.29. The Morgan fingerprint density at radius 2 is 2.00 bits per heavy atom. The number of rotatable bonds is 2. The topological polar surface area (TPSA) is 61.0 Å². The molecular weight excluding hydrogens is 202 g/mol. The summed E-state index contributed by atoms with van der Waals surface area (Å²) < 4.78 is 5.29. The number of hydrogen-bond acceptors (Lipinski definition) is 4. The highest BCUT2D eigenvalue weighted by Gasteiger charge is 2.07. The van der Waals surface area contributed by atoms with E-state index >= 15 is 0 Å². The monoisotopic (exact) mass is 215 g/mol. The maximum absolute atomic E-state index is 5.63. The Bertz CT molecular complexity index is 511. The number of aromatic nitrogens is 2. The number of nitrogens with zero attached hydrogens (tertiary/aromatic N) is 2. The lowest BCUT2D eigenvalue weighted by Gasteiger charge is -2.08. The number of nitrogen functional groups attached to an aromatic ring is 1.